The van der Waals surface area contributed by atoms with Crippen LogP contribution in [-0.4, -0.2) is 31.7 Å². The van der Waals surface area contributed by atoms with Gasteiger partial charge in [-0.25, -0.2) is 0 Å². The third-order valence-electron chi connectivity index (χ3n) is 4.75. The molecule has 3 rings (SSSR count). The van der Waals surface area contributed by atoms with Crippen LogP contribution in [-0.2, 0) is 14.3 Å². The standard InChI is InChI=1S/C19H24BrNO5/c20-14-10-16-17(25-9-8-24-16)11-15(14)21-18(22)12-26-19(23)7-6-13-4-2-1-3-5-13/h10-11,13H,1-9,12H2,(H,21,22). The highest BCUT2D eigenvalue weighted by molar-refractivity contribution is 9.10. The van der Waals surface area contributed by atoms with Gasteiger partial charge in [-0.3, -0.25) is 9.59 Å². The van der Waals surface area contributed by atoms with Crippen LogP contribution >= 0.6 is 15.9 Å². The molecule has 1 aliphatic heterocycles. The summed E-state index contributed by atoms with van der Waals surface area (Å²) in [7, 11) is 0. The molecule has 2 aliphatic rings. The van der Waals surface area contributed by atoms with Crippen LogP contribution < -0.4 is 14.8 Å². The second kappa shape index (κ2) is 9.26. The Hall–Kier alpha value is -1.76. The van der Waals surface area contributed by atoms with E-state index in [1.807, 2.05) is 0 Å². The van der Waals surface area contributed by atoms with Crippen molar-refractivity contribution in [2.45, 2.75) is 44.9 Å². The summed E-state index contributed by atoms with van der Waals surface area (Å²) in [5.74, 6) is 1.15. The number of nitrogens with one attached hydrogen (secondary N) is 1. The van der Waals surface area contributed by atoms with Crippen molar-refractivity contribution in [1.82, 2.24) is 0 Å². The lowest BCUT2D eigenvalue weighted by Gasteiger charge is -2.21. The summed E-state index contributed by atoms with van der Waals surface area (Å²) < 4.78 is 16.8. The maximum absolute atomic E-state index is 12.1. The van der Waals surface area contributed by atoms with Crippen molar-refractivity contribution in [2.75, 3.05) is 25.1 Å². The van der Waals surface area contributed by atoms with Gasteiger partial charge in [-0.05, 0) is 28.3 Å². The third kappa shape index (κ3) is 5.37. The zero-order valence-corrected chi connectivity index (χ0v) is 16.3. The van der Waals surface area contributed by atoms with Crippen LogP contribution in [0.4, 0.5) is 5.69 Å². The Bertz CT molecular complexity index is 658. The fraction of sp³-hybridized carbons (Fsp3) is 0.579. The molecule has 7 heteroatoms. The Morgan fingerprint density at radius 3 is 2.54 bits per heavy atom. The van der Waals surface area contributed by atoms with E-state index in [0.717, 1.165) is 6.42 Å². The van der Waals surface area contributed by atoms with Crippen LogP contribution in [0.3, 0.4) is 0 Å². The molecule has 1 aromatic rings. The number of halogens is 1. The molecule has 142 valence electrons. The first-order valence-electron chi connectivity index (χ1n) is 9.16. The first-order valence-corrected chi connectivity index (χ1v) is 9.96. The van der Waals surface area contributed by atoms with Crippen molar-refractivity contribution >= 4 is 33.5 Å². The predicted molar refractivity (Wildman–Crippen MR) is 101 cm³/mol. The smallest absolute Gasteiger partial charge is 0.306 e. The molecule has 1 aliphatic carbocycles. The SMILES string of the molecule is O=C(COC(=O)CCC1CCCCC1)Nc1cc2c(cc1Br)OCCO2. The number of fused-ring (bicyclic) bond motifs is 1. The number of hydrogen-bond acceptors (Lipinski definition) is 5. The van der Waals surface area contributed by atoms with Crippen molar-refractivity contribution < 1.29 is 23.8 Å². The molecule has 1 aromatic carbocycles. The van der Waals surface area contributed by atoms with E-state index in [9.17, 15) is 9.59 Å². The highest BCUT2D eigenvalue weighted by atomic mass is 79.9. The maximum Gasteiger partial charge on any atom is 0.306 e. The van der Waals surface area contributed by atoms with Crippen LogP contribution in [0.1, 0.15) is 44.9 Å². The quantitative estimate of drug-likeness (QED) is 0.695. The molecule has 1 amide bonds. The number of rotatable bonds is 6. The number of esters is 1. The van der Waals surface area contributed by atoms with Gasteiger partial charge in [-0.2, -0.15) is 0 Å². The van der Waals surface area contributed by atoms with E-state index in [1.54, 1.807) is 12.1 Å². The van der Waals surface area contributed by atoms with Gasteiger partial charge in [0.05, 0.1) is 5.69 Å². The van der Waals surface area contributed by atoms with Gasteiger partial charge in [-0.1, -0.05) is 32.1 Å². The molecule has 1 N–H and O–H groups in total. The molecule has 0 unspecified atom stereocenters. The number of amides is 1. The van der Waals surface area contributed by atoms with Gasteiger partial charge in [0.15, 0.2) is 18.1 Å². The van der Waals surface area contributed by atoms with Crippen molar-refractivity contribution in [3.05, 3.63) is 16.6 Å². The van der Waals surface area contributed by atoms with Gasteiger partial charge in [0.2, 0.25) is 0 Å². The fourth-order valence-electron chi connectivity index (χ4n) is 3.36. The normalized spacial score (nSPS) is 16.8. The number of hydrogen-bond donors (Lipinski definition) is 1. The third-order valence-corrected chi connectivity index (χ3v) is 5.41. The lowest BCUT2D eigenvalue weighted by molar-refractivity contribution is -0.147. The van der Waals surface area contributed by atoms with Gasteiger partial charge in [0.25, 0.3) is 5.91 Å². The van der Waals surface area contributed by atoms with E-state index >= 15 is 0 Å². The minimum absolute atomic E-state index is 0.287. The van der Waals surface area contributed by atoms with Crippen LogP contribution in [0.15, 0.2) is 16.6 Å². The fourth-order valence-corrected chi connectivity index (χ4v) is 3.78. The highest BCUT2D eigenvalue weighted by Gasteiger charge is 2.18. The highest BCUT2D eigenvalue weighted by Crippen LogP contribution is 2.38. The maximum atomic E-state index is 12.1. The predicted octanol–water partition coefficient (Wildman–Crippen LogP) is 4.06. The lowest BCUT2D eigenvalue weighted by atomic mass is 9.86. The van der Waals surface area contributed by atoms with Crippen molar-refractivity contribution in [1.29, 1.82) is 0 Å². The summed E-state index contributed by atoms with van der Waals surface area (Å²) in [6.45, 7) is 0.687. The van der Waals surface area contributed by atoms with Gasteiger partial charge < -0.3 is 19.5 Å². The van der Waals surface area contributed by atoms with E-state index in [2.05, 4.69) is 21.2 Å². The Morgan fingerprint density at radius 1 is 1.12 bits per heavy atom. The molecule has 6 nitrogen and oxygen atoms in total. The Kier molecular flexibility index (Phi) is 6.77. The molecule has 1 heterocycles. The van der Waals surface area contributed by atoms with E-state index in [4.69, 9.17) is 14.2 Å². The number of anilines is 1. The molecule has 0 saturated heterocycles. The van der Waals surface area contributed by atoms with Crippen molar-refractivity contribution in [2.24, 2.45) is 5.92 Å². The number of ether oxygens (including phenoxy) is 3. The summed E-state index contributed by atoms with van der Waals surface area (Å²) in [4.78, 5) is 23.9. The van der Waals surface area contributed by atoms with E-state index in [0.29, 0.717) is 47.2 Å². The largest absolute Gasteiger partial charge is 0.486 e. The Labute approximate surface area is 161 Å². The first-order chi connectivity index (χ1) is 12.6. The minimum Gasteiger partial charge on any atom is -0.486 e. The molecule has 0 spiro atoms. The molecule has 0 bridgehead atoms. The average molecular weight is 426 g/mol. The molecule has 26 heavy (non-hydrogen) atoms. The molecule has 1 saturated carbocycles. The average Bonchev–Trinajstić information content (AvgIpc) is 2.66. The van der Waals surface area contributed by atoms with Crippen molar-refractivity contribution in [3.63, 3.8) is 0 Å². The summed E-state index contributed by atoms with van der Waals surface area (Å²) in [5.41, 5.74) is 0.553. The zero-order chi connectivity index (χ0) is 18.4. The van der Waals surface area contributed by atoms with Crippen LogP contribution in [0.2, 0.25) is 0 Å². The first kappa shape index (κ1) is 19.0. The molecule has 0 aromatic heterocycles. The van der Waals surface area contributed by atoms with Crippen LogP contribution in [0, 0.1) is 5.92 Å². The minimum atomic E-state index is -0.381. The monoisotopic (exact) mass is 425 g/mol. The Balaban J connectivity index is 1.43. The summed E-state index contributed by atoms with van der Waals surface area (Å²) >= 11 is 3.39. The second-order valence-corrected chi connectivity index (χ2v) is 7.58. The van der Waals surface area contributed by atoms with Crippen LogP contribution in [0.25, 0.3) is 0 Å². The molecule has 0 atom stereocenters. The summed E-state index contributed by atoms with van der Waals surface area (Å²) in [6.07, 6.45) is 7.45. The van der Waals surface area contributed by atoms with E-state index in [-0.39, 0.29) is 18.5 Å². The lowest BCUT2D eigenvalue weighted by Crippen LogP contribution is -2.22. The second-order valence-electron chi connectivity index (χ2n) is 6.73. The van der Waals surface area contributed by atoms with Crippen molar-refractivity contribution in [3.8, 4) is 11.5 Å². The molecule has 1 fully saturated rings. The number of benzene rings is 1. The van der Waals surface area contributed by atoms with Crippen LogP contribution in [0.5, 0.6) is 11.5 Å². The number of carbonyl (C=O) groups is 2. The Morgan fingerprint density at radius 2 is 1.81 bits per heavy atom. The molecular formula is C19H24BrNO5. The van der Waals surface area contributed by atoms with Gasteiger partial charge >= 0.3 is 5.97 Å². The van der Waals surface area contributed by atoms with Gasteiger partial charge in [0, 0.05) is 23.0 Å². The summed E-state index contributed by atoms with van der Waals surface area (Å²) in [6, 6.07) is 3.45. The van der Waals surface area contributed by atoms with Gasteiger partial charge in [-0.15, -0.1) is 0 Å². The zero-order valence-electron chi connectivity index (χ0n) is 14.7. The van der Waals surface area contributed by atoms with E-state index in [1.165, 1.54) is 32.1 Å². The summed E-state index contributed by atoms with van der Waals surface area (Å²) in [5, 5.41) is 2.72. The number of carbonyl (C=O) groups excluding carboxylic acids is 2. The molecule has 0 radical (unpaired) electrons. The van der Waals surface area contributed by atoms with E-state index < -0.39 is 0 Å². The topological polar surface area (TPSA) is 73.9 Å². The van der Waals surface area contributed by atoms with Gasteiger partial charge in [0.1, 0.15) is 13.2 Å². The molecular weight excluding hydrogens is 402 g/mol.